The smallest absolute Gasteiger partial charge is 0.119 e. The molecule has 0 aromatic heterocycles. The van der Waals surface area contributed by atoms with E-state index in [1.807, 2.05) is 43.3 Å². The number of fused-ring (bicyclic) bond motifs is 1. The van der Waals surface area contributed by atoms with E-state index in [1.54, 1.807) is 14.0 Å². The van der Waals surface area contributed by atoms with E-state index in [-0.39, 0.29) is 0 Å². The van der Waals surface area contributed by atoms with Gasteiger partial charge in [-0.2, -0.15) is 0 Å². The number of aliphatic carboxylic acids is 1. The molecule has 0 aliphatic heterocycles. The van der Waals surface area contributed by atoms with Crippen molar-refractivity contribution in [3.05, 3.63) is 42.0 Å². The van der Waals surface area contributed by atoms with Gasteiger partial charge in [0, 0.05) is 5.41 Å². The van der Waals surface area contributed by atoms with Crippen molar-refractivity contribution in [3.8, 4) is 5.75 Å². The molecule has 0 aliphatic carbocycles. The Balaban J connectivity index is 2.56. The van der Waals surface area contributed by atoms with Gasteiger partial charge in [0.15, 0.2) is 0 Å². The Morgan fingerprint density at radius 3 is 2.42 bits per heavy atom. The monoisotopic (exact) mass is 257 g/mol. The number of carbonyl (C=O) groups excluding carboxylic acids is 1. The van der Waals surface area contributed by atoms with E-state index in [2.05, 4.69) is 0 Å². The van der Waals surface area contributed by atoms with E-state index in [4.69, 9.17) is 4.74 Å². The standard InChI is InChI=1S/C16H18O3/c1-4-16(2,15(17)18)13-7-5-12-10-14(19-3)8-6-11(12)9-13/h5-10H,4H2,1-3H3,(H,17,18)/p-1. The third-order valence-corrected chi connectivity index (χ3v) is 3.84. The first-order chi connectivity index (χ1) is 9.01. The molecule has 2 rings (SSSR count). The first-order valence-corrected chi connectivity index (χ1v) is 6.31. The van der Waals surface area contributed by atoms with E-state index in [1.165, 1.54) is 0 Å². The first-order valence-electron chi connectivity index (χ1n) is 6.31. The molecular weight excluding hydrogens is 240 g/mol. The Morgan fingerprint density at radius 1 is 1.21 bits per heavy atom. The van der Waals surface area contributed by atoms with Gasteiger partial charge in [-0.25, -0.2) is 0 Å². The summed E-state index contributed by atoms with van der Waals surface area (Å²) in [6.45, 7) is 3.56. The normalized spacial score (nSPS) is 14.1. The fraction of sp³-hybridized carbons (Fsp3) is 0.312. The Kier molecular flexibility index (Phi) is 3.47. The molecule has 0 saturated carbocycles. The van der Waals surface area contributed by atoms with Gasteiger partial charge in [0.25, 0.3) is 0 Å². The molecule has 19 heavy (non-hydrogen) atoms. The number of methoxy groups -OCH3 is 1. The Labute approximate surface area is 112 Å². The lowest BCUT2D eigenvalue weighted by atomic mass is 9.79. The van der Waals surface area contributed by atoms with Crippen LogP contribution < -0.4 is 9.84 Å². The highest BCUT2D eigenvalue weighted by molar-refractivity contribution is 5.87. The predicted molar refractivity (Wildman–Crippen MR) is 73.2 cm³/mol. The Hall–Kier alpha value is -2.03. The maximum atomic E-state index is 11.4. The average Bonchev–Trinajstić information content (AvgIpc) is 2.44. The molecule has 0 radical (unpaired) electrons. The molecule has 0 heterocycles. The summed E-state index contributed by atoms with van der Waals surface area (Å²) in [6, 6.07) is 11.4. The summed E-state index contributed by atoms with van der Waals surface area (Å²) < 4.78 is 5.18. The lowest BCUT2D eigenvalue weighted by Crippen LogP contribution is -2.43. The lowest BCUT2D eigenvalue weighted by molar-refractivity contribution is -0.313. The highest BCUT2D eigenvalue weighted by Crippen LogP contribution is 2.30. The van der Waals surface area contributed by atoms with Crippen LogP contribution in [0.2, 0.25) is 0 Å². The Morgan fingerprint density at radius 2 is 1.84 bits per heavy atom. The van der Waals surface area contributed by atoms with Crippen LogP contribution in [0, 0.1) is 0 Å². The second-order valence-electron chi connectivity index (χ2n) is 4.90. The van der Waals surface area contributed by atoms with Gasteiger partial charge in [-0.1, -0.05) is 38.1 Å². The number of carboxylic acids is 1. The summed E-state index contributed by atoms with van der Waals surface area (Å²) in [5.74, 6) is -0.249. The molecule has 0 bridgehead atoms. The van der Waals surface area contributed by atoms with Crippen molar-refractivity contribution in [1.82, 2.24) is 0 Å². The molecule has 2 aromatic rings. The van der Waals surface area contributed by atoms with Crippen LogP contribution in [0.4, 0.5) is 0 Å². The Bertz CT molecular complexity index is 618. The topological polar surface area (TPSA) is 49.4 Å². The van der Waals surface area contributed by atoms with E-state index in [0.717, 1.165) is 22.1 Å². The highest BCUT2D eigenvalue weighted by Gasteiger charge is 2.26. The molecule has 0 amide bonds. The second kappa shape index (κ2) is 4.92. The van der Waals surface area contributed by atoms with Gasteiger partial charge in [-0.3, -0.25) is 0 Å². The second-order valence-corrected chi connectivity index (χ2v) is 4.90. The van der Waals surface area contributed by atoms with Crippen LogP contribution in [0.15, 0.2) is 36.4 Å². The number of benzene rings is 2. The molecule has 0 aliphatic rings. The van der Waals surface area contributed by atoms with Gasteiger partial charge in [-0.15, -0.1) is 0 Å². The minimum absolute atomic E-state index is 0.497. The summed E-state index contributed by atoms with van der Waals surface area (Å²) >= 11 is 0. The minimum atomic E-state index is -1.04. The number of ether oxygens (including phenoxy) is 1. The van der Waals surface area contributed by atoms with Crippen molar-refractivity contribution in [2.24, 2.45) is 0 Å². The van der Waals surface area contributed by atoms with Crippen molar-refractivity contribution < 1.29 is 14.6 Å². The first kappa shape index (κ1) is 13.4. The zero-order valence-electron chi connectivity index (χ0n) is 11.4. The summed E-state index contributed by atoms with van der Waals surface area (Å²) in [5, 5.41) is 13.4. The SMILES string of the molecule is CCC(C)(C(=O)[O-])c1ccc2cc(OC)ccc2c1. The van der Waals surface area contributed by atoms with Crippen LogP contribution in [0.5, 0.6) is 5.75 Å². The lowest BCUT2D eigenvalue weighted by Gasteiger charge is -2.30. The van der Waals surface area contributed by atoms with Gasteiger partial charge in [-0.05, 0) is 34.9 Å². The molecule has 0 saturated heterocycles. The van der Waals surface area contributed by atoms with Crippen molar-refractivity contribution in [2.45, 2.75) is 25.7 Å². The van der Waals surface area contributed by atoms with Gasteiger partial charge >= 0.3 is 0 Å². The van der Waals surface area contributed by atoms with Crippen LogP contribution in [0.25, 0.3) is 10.8 Å². The largest absolute Gasteiger partial charge is 0.549 e. The minimum Gasteiger partial charge on any atom is -0.549 e. The van der Waals surface area contributed by atoms with Crippen molar-refractivity contribution >= 4 is 16.7 Å². The molecule has 2 aromatic carbocycles. The van der Waals surface area contributed by atoms with Gasteiger partial charge < -0.3 is 14.6 Å². The van der Waals surface area contributed by atoms with E-state index < -0.39 is 11.4 Å². The number of carboxylic acid groups (broad SMARTS) is 1. The summed E-state index contributed by atoms with van der Waals surface area (Å²) in [7, 11) is 1.62. The summed E-state index contributed by atoms with van der Waals surface area (Å²) in [5.41, 5.74) is -0.179. The number of hydrogen-bond donors (Lipinski definition) is 0. The van der Waals surface area contributed by atoms with Gasteiger partial charge in [0.2, 0.25) is 0 Å². The molecule has 0 N–H and O–H groups in total. The van der Waals surface area contributed by atoms with Crippen LogP contribution in [-0.2, 0) is 10.2 Å². The third-order valence-electron chi connectivity index (χ3n) is 3.84. The maximum Gasteiger partial charge on any atom is 0.119 e. The summed E-state index contributed by atoms with van der Waals surface area (Å²) in [6.07, 6.45) is 0.497. The van der Waals surface area contributed by atoms with Crippen LogP contribution in [0.3, 0.4) is 0 Å². The molecule has 3 heteroatoms. The number of carbonyl (C=O) groups is 1. The quantitative estimate of drug-likeness (QED) is 0.844. The predicted octanol–water partition coefficient (Wildman–Crippen LogP) is 2.27. The molecule has 100 valence electrons. The van der Waals surface area contributed by atoms with E-state index >= 15 is 0 Å². The highest BCUT2D eigenvalue weighted by atomic mass is 16.5. The summed E-state index contributed by atoms with van der Waals surface area (Å²) in [4.78, 5) is 11.4. The molecule has 0 fully saturated rings. The maximum absolute atomic E-state index is 11.4. The molecular formula is C16H17O3-. The van der Waals surface area contributed by atoms with Crippen molar-refractivity contribution in [2.75, 3.05) is 7.11 Å². The van der Waals surface area contributed by atoms with E-state index in [0.29, 0.717) is 6.42 Å². The van der Waals surface area contributed by atoms with Crippen molar-refractivity contribution in [1.29, 1.82) is 0 Å². The fourth-order valence-corrected chi connectivity index (χ4v) is 2.16. The molecule has 1 atom stereocenters. The number of hydrogen-bond acceptors (Lipinski definition) is 3. The van der Waals surface area contributed by atoms with Crippen LogP contribution >= 0.6 is 0 Å². The molecule has 1 unspecified atom stereocenters. The number of rotatable bonds is 4. The van der Waals surface area contributed by atoms with Crippen LogP contribution in [0.1, 0.15) is 25.8 Å². The van der Waals surface area contributed by atoms with Gasteiger partial charge in [0.05, 0.1) is 13.1 Å². The van der Waals surface area contributed by atoms with E-state index in [9.17, 15) is 9.90 Å². The fourth-order valence-electron chi connectivity index (χ4n) is 2.16. The zero-order valence-corrected chi connectivity index (χ0v) is 11.4. The van der Waals surface area contributed by atoms with Crippen molar-refractivity contribution in [3.63, 3.8) is 0 Å². The third kappa shape index (κ3) is 2.28. The van der Waals surface area contributed by atoms with Gasteiger partial charge in [0.1, 0.15) is 5.75 Å². The zero-order chi connectivity index (χ0) is 14.0. The molecule has 3 nitrogen and oxygen atoms in total. The average molecular weight is 257 g/mol. The van der Waals surface area contributed by atoms with Crippen LogP contribution in [-0.4, -0.2) is 13.1 Å². The molecule has 0 spiro atoms.